The van der Waals surface area contributed by atoms with Crippen molar-refractivity contribution >= 4 is 28.7 Å². The highest BCUT2D eigenvalue weighted by molar-refractivity contribution is 6.05. The SMILES string of the molecule is CCOC(=O)CCCNC(=O)COC(=O)c1cc(-c2ccco2)nc2ccccc12. The molecule has 0 atom stereocenters. The van der Waals surface area contributed by atoms with Crippen LogP contribution in [0, 0.1) is 0 Å². The van der Waals surface area contributed by atoms with Crippen LogP contribution in [0.1, 0.15) is 30.1 Å². The van der Waals surface area contributed by atoms with E-state index in [-0.39, 0.29) is 18.9 Å². The highest BCUT2D eigenvalue weighted by Crippen LogP contribution is 2.25. The molecule has 0 unspecified atom stereocenters. The minimum Gasteiger partial charge on any atom is -0.466 e. The van der Waals surface area contributed by atoms with E-state index in [0.29, 0.717) is 40.9 Å². The van der Waals surface area contributed by atoms with Gasteiger partial charge in [0.15, 0.2) is 12.4 Å². The van der Waals surface area contributed by atoms with E-state index in [1.165, 1.54) is 6.26 Å². The lowest BCUT2D eigenvalue weighted by molar-refractivity contribution is -0.143. The Morgan fingerprint density at radius 2 is 1.93 bits per heavy atom. The number of esters is 2. The third kappa shape index (κ3) is 5.44. The Morgan fingerprint density at radius 1 is 1.10 bits per heavy atom. The molecule has 1 aromatic carbocycles. The quantitative estimate of drug-likeness (QED) is 0.426. The van der Waals surface area contributed by atoms with Gasteiger partial charge in [-0.15, -0.1) is 0 Å². The molecule has 3 aromatic rings. The molecule has 156 valence electrons. The van der Waals surface area contributed by atoms with Crippen LogP contribution in [0.4, 0.5) is 0 Å². The maximum atomic E-state index is 12.7. The third-order valence-corrected chi connectivity index (χ3v) is 4.23. The molecule has 2 heterocycles. The first-order chi connectivity index (χ1) is 14.6. The summed E-state index contributed by atoms with van der Waals surface area (Å²) in [5, 5.41) is 3.22. The molecule has 0 aliphatic heterocycles. The molecule has 2 aromatic heterocycles. The molecule has 30 heavy (non-hydrogen) atoms. The Kier molecular flexibility index (Phi) is 7.15. The van der Waals surface area contributed by atoms with Gasteiger partial charge in [-0.3, -0.25) is 9.59 Å². The Morgan fingerprint density at radius 3 is 2.70 bits per heavy atom. The Hall–Kier alpha value is -3.68. The number of nitrogens with one attached hydrogen (secondary N) is 1. The molecule has 0 saturated heterocycles. The van der Waals surface area contributed by atoms with Crippen molar-refractivity contribution in [2.24, 2.45) is 0 Å². The standard InChI is InChI=1S/C22H22N2O6/c1-2-28-21(26)10-5-11-23-20(25)14-30-22(27)16-13-18(19-9-6-12-29-19)24-17-8-4-3-7-15(16)17/h3-4,6-9,12-13H,2,5,10-11,14H2,1H3,(H,23,25). The van der Waals surface area contributed by atoms with E-state index in [9.17, 15) is 14.4 Å². The molecule has 0 radical (unpaired) electrons. The average Bonchev–Trinajstić information content (AvgIpc) is 3.29. The number of para-hydroxylation sites is 1. The van der Waals surface area contributed by atoms with Crippen LogP contribution in [0.5, 0.6) is 0 Å². The van der Waals surface area contributed by atoms with E-state index in [4.69, 9.17) is 13.9 Å². The van der Waals surface area contributed by atoms with E-state index in [2.05, 4.69) is 10.3 Å². The van der Waals surface area contributed by atoms with Gasteiger partial charge in [0.2, 0.25) is 0 Å². The predicted molar refractivity (Wildman–Crippen MR) is 109 cm³/mol. The molecule has 0 bridgehead atoms. The van der Waals surface area contributed by atoms with E-state index in [1.807, 2.05) is 6.07 Å². The number of aromatic nitrogens is 1. The summed E-state index contributed by atoms with van der Waals surface area (Å²) in [6.45, 7) is 1.92. The smallest absolute Gasteiger partial charge is 0.339 e. The number of fused-ring (bicyclic) bond motifs is 1. The Labute approximate surface area is 173 Å². The normalized spacial score (nSPS) is 10.6. The van der Waals surface area contributed by atoms with Crippen LogP contribution in [0.15, 0.2) is 53.1 Å². The van der Waals surface area contributed by atoms with Crippen molar-refractivity contribution in [2.45, 2.75) is 19.8 Å². The molecule has 3 rings (SSSR count). The molecule has 0 spiro atoms. The number of nitrogens with zero attached hydrogens (tertiary/aromatic N) is 1. The monoisotopic (exact) mass is 410 g/mol. The first-order valence-electron chi connectivity index (χ1n) is 9.61. The van der Waals surface area contributed by atoms with Crippen molar-refractivity contribution in [2.75, 3.05) is 19.8 Å². The van der Waals surface area contributed by atoms with Gasteiger partial charge in [-0.25, -0.2) is 9.78 Å². The van der Waals surface area contributed by atoms with Gasteiger partial charge in [0, 0.05) is 18.4 Å². The number of furan rings is 1. The lowest BCUT2D eigenvalue weighted by atomic mass is 10.1. The fourth-order valence-corrected chi connectivity index (χ4v) is 2.85. The van der Waals surface area contributed by atoms with Crippen LogP contribution in [-0.4, -0.2) is 42.6 Å². The van der Waals surface area contributed by atoms with E-state index < -0.39 is 18.5 Å². The summed E-state index contributed by atoms with van der Waals surface area (Å²) in [6.07, 6.45) is 2.18. The summed E-state index contributed by atoms with van der Waals surface area (Å²) in [6, 6.07) is 12.2. The van der Waals surface area contributed by atoms with Crippen molar-refractivity contribution in [1.29, 1.82) is 0 Å². The van der Waals surface area contributed by atoms with Gasteiger partial charge in [0.25, 0.3) is 5.91 Å². The highest BCUT2D eigenvalue weighted by atomic mass is 16.5. The molecule has 8 heteroatoms. The Balaban J connectivity index is 1.61. The molecule has 8 nitrogen and oxygen atoms in total. The second kappa shape index (κ2) is 10.2. The second-order valence-corrected chi connectivity index (χ2v) is 6.38. The first-order valence-corrected chi connectivity index (χ1v) is 9.61. The van der Waals surface area contributed by atoms with E-state index in [1.54, 1.807) is 43.3 Å². The van der Waals surface area contributed by atoms with Crippen molar-refractivity contribution in [3.8, 4) is 11.5 Å². The number of benzene rings is 1. The minimum absolute atomic E-state index is 0.215. The summed E-state index contributed by atoms with van der Waals surface area (Å²) < 4.78 is 15.4. The molecule has 0 aliphatic rings. The molecule has 1 N–H and O–H groups in total. The number of amides is 1. The molecular weight excluding hydrogens is 388 g/mol. The van der Waals surface area contributed by atoms with E-state index in [0.717, 1.165) is 0 Å². The Bertz CT molecular complexity index is 1030. The van der Waals surface area contributed by atoms with Gasteiger partial charge in [0.05, 0.1) is 24.0 Å². The van der Waals surface area contributed by atoms with Crippen LogP contribution in [0.2, 0.25) is 0 Å². The predicted octanol–water partition coefficient (Wildman–Crippen LogP) is 3.11. The number of carbonyl (C=O) groups excluding carboxylic acids is 3. The van der Waals surface area contributed by atoms with Crippen molar-refractivity contribution < 1.29 is 28.3 Å². The van der Waals surface area contributed by atoms with Crippen LogP contribution in [-0.2, 0) is 19.1 Å². The number of ether oxygens (including phenoxy) is 2. The number of rotatable bonds is 9. The molecular formula is C22H22N2O6. The number of hydrogen-bond donors (Lipinski definition) is 1. The molecule has 0 aliphatic carbocycles. The van der Waals surface area contributed by atoms with Crippen LogP contribution < -0.4 is 5.32 Å². The topological polar surface area (TPSA) is 108 Å². The van der Waals surface area contributed by atoms with Crippen LogP contribution in [0.3, 0.4) is 0 Å². The summed E-state index contributed by atoms with van der Waals surface area (Å²) in [5.74, 6) is -0.871. The number of pyridine rings is 1. The van der Waals surface area contributed by atoms with Gasteiger partial charge in [-0.05, 0) is 37.6 Å². The van der Waals surface area contributed by atoms with Gasteiger partial charge < -0.3 is 19.2 Å². The largest absolute Gasteiger partial charge is 0.466 e. The van der Waals surface area contributed by atoms with Gasteiger partial charge in [0.1, 0.15) is 5.69 Å². The van der Waals surface area contributed by atoms with Crippen molar-refractivity contribution in [3.63, 3.8) is 0 Å². The summed E-state index contributed by atoms with van der Waals surface area (Å²) in [4.78, 5) is 40.4. The summed E-state index contributed by atoms with van der Waals surface area (Å²) >= 11 is 0. The minimum atomic E-state index is -0.636. The summed E-state index contributed by atoms with van der Waals surface area (Å²) in [5.41, 5.74) is 1.40. The molecule has 1 amide bonds. The maximum Gasteiger partial charge on any atom is 0.339 e. The fourth-order valence-electron chi connectivity index (χ4n) is 2.85. The number of carbonyl (C=O) groups is 3. The van der Waals surface area contributed by atoms with Crippen molar-refractivity contribution in [1.82, 2.24) is 10.3 Å². The van der Waals surface area contributed by atoms with Gasteiger partial charge >= 0.3 is 11.9 Å². The first kappa shape index (κ1) is 21.0. The van der Waals surface area contributed by atoms with Gasteiger partial charge in [-0.1, -0.05) is 18.2 Å². The zero-order chi connectivity index (χ0) is 21.3. The zero-order valence-corrected chi connectivity index (χ0v) is 16.6. The average molecular weight is 410 g/mol. The van der Waals surface area contributed by atoms with Crippen molar-refractivity contribution in [3.05, 3.63) is 54.3 Å². The lowest BCUT2D eigenvalue weighted by Crippen LogP contribution is -2.30. The molecule has 0 fully saturated rings. The lowest BCUT2D eigenvalue weighted by Gasteiger charge is -2.09. The maximum absolute atomic E-state index is 12.7. The summed E-state index contributed by atoms with van der Waals surface area (Å²) in [7, 11) is 0. The highest BCUT2D eigenvalue weighted by Gasteiger charge is 2.17. The fraction of sp³-hybridized carbons (Fsp3) is 0.273. The van der Waals surface area contributed by atoms with Crippen LogP contribution in [0.25, 0.3) is 22.4 Å². The van der Waals surface area contributed by atoms with E-state index >= 15 is 0 Å². The number of hydrogen-bond acceptors (Lipinski definition) is 7. The zero-order valence-electron chi connectivity index (χ0n) is 16.6. The van der Waals surface area contributed by atoms with Gasteiger partial charge in [-0.2, -0.15) is 0 Å². The van der Waals surface area contributed by atoms with Crippen LogP contribution >= 0.6 is 0 Å². The second-order valence-electron chi connectivity index (χ2n) is 6.38. The molecule has 0 saturated carbocycles. The third-order valence-electron chi connectivity index (χ3n) is 4.23.